The van der Waals surface area contributed by atoms with Gasteiger partial charge >= 0.3 is 0 Å². The predicted octanol–water partition coefficient (Wildman–Crippen LogP) is 3.04. The molecule has 0 spiro atoms. The third-order valence-corrected chi connectivity index (χ3v) is 2.26. The lowest BCUT2D eigenvalue weighted by atomic mass is 10.1. The van der Waals surface area contributed by atoms with E-state index in [0.29, 0.717) is 23.4 Å². The van der Waals surface area contributed by atoms with E-state index in [-0.39, 0.29) is 11.7 Å². The third kappa shape index (κ3) is 2.70. The maximum absolute atomic E-state index is 13.2. The van der Waals surface area contributed by atoms with E-state index in [1.54, 1.807) is 12.1 Å². The van der Waals surface area contributed by atoms with Crippen LogP contribution in [0, 0.1) is 11.2 Å². The van der Waals surface area contributed by atoms with Crippen LogP contribution in [0.25, 0.3) is 0 Å². The highest BCUT2D eigenvalue weighted by molar-refractivity contribution is 6.31. The molecule has 0 aliphatic rings. The van der Waals surface area contributed by atoms with Crippen molar-refractivity contribution in [2.24, 2.45) is 0 Å². The van der Waals surface area contributed by atoms with E-state index in [0.717, 1.165) is 0 Å². The molecule has 1 N–H and O–H groups in total. The summed E-state index contributed by atoms with van der Waals surface area (Å²) in [5, 5.41) is 7.64. The molecule has 0 bridgehead atoms. The van der Waals surface area contributed by atoms with Crippen molar-refractivity contribution in [1.29, 1.82) is 5.41 Å². The average Bonchev–Trinajstić information content (AvgIpc) is 2.16. The minimum Gasteiger partial charge on any atom is -0.484 e. The lowest BCUT2D eigenvalue weighted by Gasteiger charge is -2.05. The molecule has 14 heavy (non-hydrogen) atoms. The molecule has 0 heterocycles. The number of hydrogen-bond acceptors (Lipinski definition) is 2. The van der Waals surface area contributed by atoms with Crippen LogP contribution in [0.1, 0.15) is 12.0 Å². The van der Waals surface area contributed by atoms with Gasteiger partial charge in [-0.05, 0) is 18.6 Å². The Bertz CT molecular complexity index is 321. The largest absolute Gasteiger partial charge is 0.484 e. The van der Waals surface area contributed by atoms with Gasteiger partial charge < -0.3 is 4.74 Å². The molecule has 1 aromatic carbocycles. The van der Waals surface area contributed by atoms with E-state index >= 15 is 0 Å². The van der Waals surface area contributed by atoms with Gasteiger partial charge in [0.05, 0.1) is 7.11 Å². The number of hydrogen-bond donors (Lipinski definition) is 1. The Kier molecular flexibility index (Phi) is 3.89. The molecule has 0 atom stereocenters. The molecule has 0 unspecified atom stereocenters. The van der Waals surface area contributed by atoms with E-state index in [1.165, 1.54) is 13.2 Å². The van der Waals surface area contributed by atoms with E-state index in [9.17, 15) is 4.39 Å². The van der Waals surface area contributed by atoms with Crippen LogP contribution in [0.15, 0.2) is 18.2 Å². The molecule has 0 saturated carbocycles. The molecule has 76 valence electrons. The van der Waals surface area contributed by atoms with Gasteiger partial charge in [0.2, 0.25) is 0 Å². The Balaban J connectivity index is 2.71. The van der Waals surface area contributed by atoms with E-state index in [1.807, 2.05) is 0 Å². The Labute approximate surface area is 87.2 Å². The second-order valence-electron chi connectivity index (χ2n) is 2.83. The second kappa shape index (κ2) is 4.96. The van der Waals surface area contributed by atoms with Gasteiger partial charge in [-0.25, -0.2) is 4.39 Å². The number of benzene rings is 1. The lowest BCUT2D eigenvalue weighted by molar-refractivity contribution is 0.385. The van der Waals surface area contributed by atoms with Crippen molar-refractivity contribution in [1.82, 2.24) is 0 Å². The number of halogens is 2. The van der Waals surface area contributed by atoms with Gasteiger partial charge in [-0.2, -0.15) is 0 Å². The predicted molar refractivity (Wildman–Crippen MR) is 54.5 cm³/mol. The second-order valence-corrected chi connectivity index (χ2v) is 3.23. The molecule has 0 aliphatic carbocycles. The zero-order valence-corrected chi connectivity index (χ0v) is 8.57. The molecule has 2 nitrogen and oxygen atoms in total. The summed E-state index contributed by atoms with van der Waals surface area (Å²) >= 11 is 5.80. The van der Waals surface area contributed by atoms with Crippen molar-refractivity contribution in [3.05, 3.63) is 34.6 Å². The number of ether oxygens (including phenoxy) is 1. The molecule has 0 aliphatic heterocycles. The van der Waals surface area contributed by atoms with Crippen LogP contribution in [-0.2, 0) is 11.2 Å². The Morgan fingerprint density at radius 3 is 2.86 bits per heavy atom. The molecule has 0 aromatic heterocycles. The van der Waals surface area contributed by atoms with Crippen molar-refractivity contribution >= 4 is 17.5 Å². The van der Waals surface area contributed by atoms with Gasteiger partial charge in [0, 0.05) is 17.0 Å². The molecular formula is C10H11ClFNO. The average molecular weight is 216 g/mol. The quantitative estimate of drug-likeness (QED) is 0.610. The smallest absolute Gasteiger partial charge is 0.180 e. The van der Waals surface area contributed by atoms with Crippen LogP contribution < -0.4 is 0 Å². The Morgan fingerprint density at radius 2 is 2.29 bits per heavy atom. The van der Waals surface area contributed by atoms with Crippen molar-refractivity contribution in [2.75, 3.05) is 7.11 Å². The first-order valence-corrected chi connectivity index (χ1v) is 4.57. The standard InChI is InChI=1S/C10H11ClFNO/c1-14-10(13)6-5-7-8(11)3-2-4-9(7)12/h2-4,13H,5-6H2,1H3. The van der Waals surface area contributed by atoms with Crippen molar-refractivity contribution < 1.29 is 9.13 Å². The van der Waals surface area contributed by atoms with Gasteiger partial charge in [-0.3, -0.25) is 5.41 Å². The fourth-order valence-corrected chi connectivity index (χ4v) is 1.37. The molecule has 4 heteroatoms. The molecule has 0 amide bonds. The SMILES string of the molecule is COC(=N)CCc1c(F)cccc1Cl. The summed E-state index contributed by atoms with van der Waals surface area (Å²) in [5.41, 5.74) is 0.441. The first kappa shape index (κ1) is 11.0. The molecule has 0 radical (unpaired) electrons. The van der Waals surface area contributed by atoms with Crippen molar-refractivity contribution in [2.45, 2.75) is 12.8 Å². The summed E-state index contributed by atoms with van der Waals surface area (Å²) in [7, 11) is 1.42. The fraction of sp³-hybridized carbons (Fsp3) is 0.300. The van der Waals surface area contributed by atoms with Crippen LogP contribution >= 0.6 is 11.6 Å². The highest BCUT2D eigenvalue weighted by Crippen LogP contribution is 2.20. The van der Waals surface area contributed by atoms with Gasteiger partial charge in [0.25, 0.3) is 0 Å². The lowest BCUT2D eigenvalue weighted by Crippen LogP contribution is -2.02. The topological polar surface area (TPSA) is 33.1 Å². The minimum absolute atomic E-state index is 0.129. The van der Waals surface area contributed by atoms with Gasteiger partial charge in [0.15, 0.2) is 5.90 Å². The van der Waals surface area contributed by atoms with Gasteiger partial charge in [-0.15, -0.1) is 0 Å². The maximum atomic E-state index is 13.2. The minimum atomic E-state index is -0.332. The van der Waals surface area contributed by atoms with Crippen LogP contribution in [0.5, 0.6) is 0 Å². The van der Waals surface area contributed by atoms with Gasteiger partial charge in [-0.1, -0.05) is 17.7 Å². The number of nitrogens with one attached hydrogen (secondary N) is 1. The molecule has 0 saturated heterocycles. The summed E-state index contributed by atoms with van der Waals surface area (Å²) < 4.78 is 17.9. The van der Waals surface area contributed by atoms with Gasteiger partial charge in [0.1, 0.15) is 5.82 Å². The normalized spacial score (nSPS) is 9.93. The Hall–Kier alpha value is -1.09. The van der Waals surface area contributed by atoms with Crippen LogP contribution in [0.2, 0.25) is 5.02 Å². The van der Waals surface area contributed by atoms with Crippen LogP contribution in [-0.4, -0.2) is 13.0 Å². The summed E-state index contributed by atoms with van der Waals surface area (Å²) in [6.45, 7) is 0. The first-order valence-electron chi connectivity index (χ1n) is 4.19. The monoisotopic (exact) mass is 215 g/mol. The zero-order valence-electron chi connectivity index (χ0n) is 7.81. The molecule has 0 fully saturated rings. The number of methoxy groups -OCH3 is 1. The van der Waals surface area contributed by atoms with Crippen molar-refractivity contribution in [3.63, 3.8) is 0 Å². The summed E-state index contributed by atoms with van der Waals surface area (Å²) in [5.74, 6) is -0.203. The highest BCUT2D eigenvalue weighted by atomic mass is 35.5. The molecule has 1 aromatic rings. The highest BCUT2D eigenvalue weighted by Gasteiger charge is 2.07. The number of rotatable bonds is 3. The van der Waals surface area contributed by atoms with Crippen LogP contribution in [0.4, 0.5) is 4.39 Å². The molecule has 1 rings (SSSR count). The first-order chi connectivity index (χ1) is 6.65. The fourth-order valence-electron chi connectivity index (χ4n) is 1.11. The third-order valence-electron chi connectivity index (χ3n) is 1.91. The summed E-state index contributed by atoms with van der Waals surface area (Å²) in [4.78, 5) is 0. The summed E-state index contributed by atoms with van der Waals surface area (Å²) in [6, 6.07) is 4.55. The molecular weight excluding hydrogens is 205 g/mol. The zero-order chi connectivity index (χ0) is 10.6. The maximum Gasteiger partial charge on any atom is 0.180 e. The van der Waals surface area contributed by atoms with Crippen molar-refractivity contribution in [3.8, 4) is 0 Å². The van der Waals surface area contributed by atoms with E-state index in [2.05, 4.69) is 4.74 Å². The van der Waals surface area contributed by atoms with E-state index in [4.69, 9.17) is 17.0 Å². The van der Waals surface area contributed by atoms with Crippen LogP contribution in [0.3, 0.4) is 0 Å². The van der Waals surface area contributed by atoms with E-state index < -0.39 is 0 Å². The Morgan fingerprint density at radius 1 is 1.57 bits per heavy atom. The summed E-state index contributed by atoms with van der Waals surface area (Å²) in [6.07, 6.45) is 0.745.